The second kappa shape index (κ2) is 4.72. The molecule has 0 spiro atoms. The number of nitrogens with zero attached hydrogens (tertiary/aromatic N) is 1. The summed E-state index contributed by atoms with van der Waals surface area (Å²) in [5, 5.41) is 11.5. The van der Waals surface area contributed by atoms with Gasteiger partial charge in [0.15, 0.2) is 0 Å². The first-order valence-corrected chi connectivity index (χ1v) is 8.59. The molecule has 2 bridgehead atoms. The van der Waals surface area contributed by atoms with Crippen LogP contribution in [-0.2, 0) is 11.8 Å². The number of β-amino-alcohol motifs (C(OH)–C–C–N with tert-alkyl or cyclic N) is 1. The van der Waals surface area contributed by atoms with Crippen LogP contribution in [0.3, 0.4) is 0 Å². The van der Waals surface area contributed by atoms with Gasteiger partial charge in [-0.1, -0.05) is 18.9 Å². The van der Waals surface area contributed by atoms with Gasteiger partial charge in [0.25, 0.3) is 0 Å². The third-order valence-corrected chi connectivity index (χ3v) is 6.74. The van der Waals surface area contributed by atoms with Crippen molar-refractivity contribution in [2.45, 2.75) is 56.1 Å². The summed E-state index contributed by atoms with van der Waals surface area (Å²) < 4.78 is 5.49. The number of rotatable bonds is 1. The number of benzene rings is 1. The van der Waals surface area contributed by atoms with Crippen molar-refractivity contribution < 1.29 is 9.84 Å². The van der Waals surface area contributed by atoms with Gasteiger partial charge in [-0.2, -0.15) is 0 Å². The van der Waals surface area contributed by atoms with E-state index in [1.54, 1.807) is 7.11 Å². The van der Waals surface area contributed by atoms with E-state index < -0.39 is 5.60 Å². The lowest BCUT2D eigenvalue weighted by atomic mass is 9.47. The molecule has 0 unspecified atom stereocenters. The fourth-order valence-corrected chi connectivity index (χ4v) is 5.86. The van der Waals surface area contributed by atoms with Crippen molar-refractivity contribution in [1.82, 2.24) is 4.90 Å². The van der Waals surface area contributed by atoms with Gasteiger partial charge in [-0.15, -0.1) is 0 Å². The van der Waals surface area contributed by atoms with Crippen LogP contribution in [0.5, 0.6) is 5.75 Å². The van der Waals surface area contributed by atoms with Crippen LogP contribution in [0.15, 0.2) is 18.2 Å². The average Bonchev–Trinajstić information content (AvgIpc) is 2.51. The second-order valence-electron chi connectivity index (χ2n) is 7.81. The molecule has 1 saturated heterocycles. The van der Waals surface area contributed by atoms with Crippen molar-refractivity contribution in [3.8, 4) is 5.75 Å². The molecular weight excluding hydrogens is 274 g/mol. The van der Waals surface area contributed by atoms with Gasteiger partial charge >= 0.3 is 0 Å². The van der Waals surface area contributed by atoms with E-state index in [-0.39, 0.29) is 5.41 Å². The van der Waals surface area contributed by atoms with Gasteiger partial charge < -0.3 is 9.84 Å². The number of methoxy groups -OCH3 is 1. The lowest BCUT2D eigenvalue weighted by Gasteiger charge is -2.64. The third kappa shape index (κ3) is 1.70. The molecule has 0 amide bonds. The second-order valence-corrected chi connectivity index (χ2v) is 7.81. The Morgan fingerprint density at radius 3 is 2.91 bits per heavy atom. The van der Waals surface area contributed by atoms with Crippen LogP contribution < -0.4 is 4.74 Å². The SMILES string of the molecule is COc1ccc2c(c1)[C@@]13CCCC[C@@H]1[C@@H](C2)N(C)C[C@@]3(C)O. The molecule has 3 nitrogen and oxygen atoms in total. The highest BCUT2D eigenvalue weighted by atomic mass is 16.5. The molecule has 4 rings (SSSR count). The molecule has 1 saturated carbocycles. The highest BCUT2D eigenvalue weighted by Gasteiger charge is 2.62. The molecule has 1 aromatic rings. The van der Waals surface area contributed by atoms with E-state index in [0.717, 1.165) is 25.1 Å². The average molecular weight is 301 g/mol. The summed E-state index contributed by atoms with van der Waals surface area (Å²) in [6, 6.07) is 7.08. The Morgan fingerprint density at radius 1 is 1.32 bits per heavy atom. The van der Waals surface area contributed by atoms with E-state index in [4.69, 9.17) is 4.74 Å². The lowest BCUT2D eigenvalue weighted by Crippen LogP contribution is -2.71. The molecule has 0 radical (unpaired) electrons. The molecule has 0 aromatic heterocycles. The minimum atomic E-state index is -0.676. The predicted molar refractivity (Wildman–Crippen MR) is 87.4 cm³/mol. The van der Waals surface area contributed by atoms with Gasteiger partial charge in [0.05, 0.1) is 12.7 Å². The van der Waals surface area contributed by atoms with E-state index in [1.165, 1.54) is 30.4 Å². The monoisotopic (exact) mass is 301 g/mol. The number of hydrogen-bond donors (Lipinski definition) is 1. The first-order chi connectivity index (χ1) is 10.5. The van der Waals surface area contributed by atoms with Crippen LogP contribution in [0.4, 0.5) is 0 Å². The van der Waals surface area contributed by atoms with Crippen LogP contribution >= 0.6 is 0 Å². The van der Waals surface area contributed by atoms with Crippen molar-refractivity contribution in [3.63, 3.8) is 0 Å². The molecule has 2 fully saturated rings. The van der Waals surface area contributed by atoms with Gasteiger partial charge in [-0.05, 0) is 62.4 Å². The van der Waals surface area contributed by atoms with Crippen LogP contribution in [0.1, 0.15) is 43.7 Å². The first-order valence-electron chi connectivity index (χ1n) is 8.59. The van der Waals surface area contributed by atoms with Gasteiger partial charge in [-0.3, -0.25) is 4.90 Å². The zero-order chi connectivity index (χ0) is 15.5. The minimum absolute atomic E-state index is 0.0927. The zero-order valence-electron chi connectivity index (χ0n) is 13.9. The molecule has 22 heavy (non-hydrogen) atoms. The van der Waals surface area contributed by atoms with E-state index >= 15 is 0 Å². The zero-order valence-corrected chi connectivity index (χ0v) is 13.9. The van der Waals surface area contributed by atoms with Crippen molar-refractivity contribution in [2.24, 2.45) is 5.92 Å². The number of fused-ring (bicyclic) bond motifs is 1. The van der Waals surface area contributed by atoms with E-state index in [2.05, 4.69) is 37.1 Å². The molecule has 2 aliphatic carbocycles. The van der Waals surface area contributed by atoms with E-state index in [9.17, 15) is 5.11 Å². The van der Waals surface area contributed by atoms with Crippen molar-refractivity contribution >= 4 is 0 Å². The summed E-state index contributed by atoms with van der Waals surface area (Å²) in [5.74, 6) is 1.49. The number of ether oxygens (including phenoxy) is 1. The number of hydrogen-bond acceptors (Lipinski definition) is 3. The largest absolute Gasteiger partial charge is 0.497 e. The Hall–Kier alpha value is -1.06. The van der Waals surface area contributed by atoms with Crippen molar-refractivity contribution in [2.75, 3.05) is 20.7 Å². The number of aliphatic hydroxyl groups is 1. The standard InChI is InChI=1S/C19H27NO2/c1-18(21)12-20(2)17-10-13-7-8-14(22-3)11-16(13)19(18)9-5-4-6-15(17)19/h7-8,11,15,17,21H,4-6,9-10,12H2,1-3H3/t15-,17-,18-,19-/m1/s1. The molecule has 1 aliphatic heterocycles. The van der Waals surface area contributed by atoms with Crippen molar-refractivity contribution in [3.05, 3.63) is 29.3 Å². The topological polar surface area (TPSA) is 32.7 Å². The van der Waals surface area contributed by atoms with Gasteiger partial charge in [0, 0.05) is 18.0 Å². The predicted octanol–water partition coefficient (Wildman–Crippen LogP) is 2.74. The highest BCUT2D eigenvalue weighted by molar-refractivity contribution is 5.48. The van der Waals surface area contributed by atoms with Gasteiger partial charge in [0.1, 0.15) is 5.75 Å². The van der Waals surface area contributed by atoms with E-state index in [0.29, 0.717) is 12.0 Å². The number of piperidine rings is 1. The van der Waals surface area contributed by atoms with Crippen LogP contribution in [0.25, 0.3) is 0 Å². The summed E-state index contributed by atoms with van der Waals surface area (Å²) in [7, 11) is 3.92. The summed E-state index contributed by atoms with van der Waals surface area (Å²) in [6.07, 6.45) is 5.97. The molecule has 3 aliphatic rings. The van der Waals surface area contributed by atoms with Crippen LogP contribution in [0.2, 0.25) is 0 Å². The van der Waals surface area contributed by atoms with Crippen LogP contribution in [0, 0.1) is 5.92 Å². The maximum Gasteiger partial charge on any atom is 0.119 e. The summed E-state index contributed by atoms with van der Waals surface area (Å²) >= 11 is 0. The highest BCUT2D eigenvalue weighted by Crippen LogP contribution is 2.59. The lowest BCUT2D eigenvalue weighted by molar-refractivity contribution is -0.151. The molecule has 1 N–H and O–H groups in total. The Kier molecular flexibility index (Phi) is 3.11. The van der Waals surface area contributed by atoms with Gasteiger partial charge in [-0.25, -0.2) is 0 Å². The maximum atomic E-state index is 11.5. The molecule has 3 heteroatoms. The fourth-order valence-electron chi connectivity index (χ4n) is 5.86. The first kappa shape index (κ1) is 14.5. The molecule has 1 heterocycles. The van der Waals surface area contributed by atoms with Gasteiger partial charge in [0.2, 0.25) is 0 Å². The smallest absolute Gasteiger partial charge is 0.119 e. The Bertz CT molecular complexity index is 597. The fraction of sp³-hybridized carbons (Fsp3) is 0.684. The quantitative estimate of drug-likeness (QED) is 0.866. The molecular formula is C19H27NO2. The Balaban J connectivity index is 1.97. The number of likely N-dealkylation sites (N-methyl/N-ethyl adjacent to an activating group) is 1. The Morgan fingerprint density at radius 2 is 2.14 bits per heavy atom. The summed E-state index contributed by atoms with van der Waals surface area (Å²) in [4.78, 5) is 2.40. The summed E-state index contributed by atoms with van der Waals surface area (Å²) in [5.41, 5.74) is 2.01. The molecule has 120 valence electrons. The van der Waals surface area contributed by atoms with Crippen LogP contribution in [-0.4, -0.2) is 42.4 Å². The molecule has 4 atom stereocenters. The molecule has 1 aromatic carbocycles. The minimum Gasteiger partial charge on any atom is -0.497 e. The summed E-state index contributed by atoms with van der Waals surface area (Å²) in [6.45, 7) is 2.83. The maximum absolute atomic E-state index is 11.5. The van der Waals surface area contributed by atoms with Crippen molar-refractivity contribution in [1.29, 1.82) is 0 Å². The third-order valence-electron chi connectivity index (χ3n) is 6.74. The van der Waals surface area contributed by atoms with E-state index in [1.807, 2.05) is 0 Å². The normalized spacial score (nSPS) is 40.7. The number of likely N-dealkylation sites (tertiary alicyclic amines) is 1. The Labute approximate surface area is 133 Å².